The number of amides is 1. The van der Waals surface area contributed by atoms with Crippen molar-refractivity contribution in [2.75, 3.05) is 17.3 Å². The van der Waals surface area contributed by atoms with Crippen LogP contribution < -0.4 is 10.6 Å². The number of hydrogen-bond donors (Lipinski definition) is 3. The number of anilines is 1. The third-order valence-electron chi connectivity index (χ3n) is 5.92. The van der Waals surface area contributed by atoms with Crippen LogP contribution in [-0.4, -0.2) is 44.6 Å². The van der Waals surface area contributed by atoms with E-state index in [2.05, 4.69) is 21.7 Å². The van der Waals surface area contributed by atoms with Gasteiger partial charge in [-0.1, -0.05) is 12.1 Å². The van der Waals surface area contributed by atoms with Gasteiger partial charge in [0.15, 0.2) is 5.76 Å². The molecule has 0 bridgehead atoms. The van der Waals surface area contributed by atoms with Crippen molar-refractivity contribution in [2.45, 2.75) is 25.6 Å². The maximum atomic E-state index is 12.5. The van der Waals surface area contributed by atoms with Gasteiger partial charge in [-0.05, 0) is 72.5 Å². The maximum absolute atomic E-state index is 12.5. The largest absolute Gasteiger partial charge is 0.480 e. The van der Waals surface area contributed by atoms with E-state index in [1.54, 1.807) is 30.6 Å². The third kappa shape index (κ3) is 6.83. The van der Waals surface area contributed by atoms with Crippen molar-refractivity contribution in [1.82, 2.24) is 14.9 Å². The summed E-state index contributed by atoms with van der Waals surface area (Å²) in [6.45, 7) is 1.23. The van der Waals surface area contributed by atoms with Gasteiger partial charge >= 0.3 is 5.97 Å². The Hall–Kier alpha value is -4.49. The lowest BCUT2D eigenvalue weighted by Gasteiger charge is -2.12. The minimum absolute atomic E-state index is 0.0631. The molecule has 1 amide bonds. The summed E-state index contributed by atoms with van der Waals surface area (Å²) in [4.78, 5) is 28.2. The average Bonchev–Trinajstić information content (AvgIpc) is 3.60. The zero-order chi connectivity index (χ0) is 26.9. The summed E-state index contributed by atoms with van der Waals surface area (Å²) >= 11 is 1.52. The highest BCUT2D eigenvalue weighted by atomic mass is 32.2. The van der Waals surface area contributed by atoms with Crippen molar-refractivity contribution in [3.63, 3.8) is 0 Å². The predicted molar refractivity (Wildman–Crippen MR) is 146 cm³/mol. The Morgan fingerprint density at radius 2 is 1.89 bits per heavy atom. The number of aliphatic carboxylic acids is 1. The van der Waals surface area contributed by atoms with Crippen LogP contribution in [0, 0.1) is 11.3 Å². The van der Waals surface area contributed by atoms with E-state index in [1.165, 1.54) is 11.8 Å². The molecule has 9 nitrogen and oxygen atoms in total. The summed E-state index contributed by atoms with van der Waals surface area (Å²) in [5.41, 5.74) is 4.42. The Labute approximate surface area is 224 Å². The SMILES string of the molecule is CSCCC(NC(=O)c1ccc(-c2ccc(NCc3cncn3Cc3ccc(C#N)cc3)cc2)o1)C(=O)O. The zero-order valence-electron chi connectivity index (χ0n) is 20.8. The molecule has 0 saturated carbocycles. The third-order valence-corrected chi connectivity index (χ3v) is 6.57. The molecule has 0 radical (unpaired) electrons. The van der Waals surface area contributed by atoms with Crippen LogP contribution in [0.4, 0.5) is 5.69 Å². The van der Waals surface area contributed by atoms with Crippen LogP contribution in [0.2, 0.25) is 0 Å². The fraction of sp³-hybridized carbons (Fsp3) is 0.214. The predicted octanol–water partition coefficient (Wildman–Crippen LogP) is 4.61. The first-order valence-corrected chi connectivity index (χ1v) is 13.3. The normalized spacial score (nSPS) is 11.5. The highest BCUT2D eigenvalue weighted by molar-refractivity contribution is 7.98. The van der Waals surface area contributed by atoms with Crippen molar-refractivity contribution in [1.29, 1.82) is 5.26 Å². The number of carbonyl (C=O) groups is 2. The molecule has 2 aromatic carbocycles. The number of rotatable bonds is 12. The number of hydrogen-bond acceptors (Lipinski definition) is 7. The van der Waals surface area contributed by atoms with Crippen LogP contribution in [0.3, 0.4) is 0 Å². The van der Waals surface area contributed by atoms with Gasteiger partial charge in [0, 0.05) is 24.0 Å². The number of carboxylic acid groups (broad SMARTS) is 1. The molecule has 2 aromatic heterocycles. The van der Waals surface area contributed by atoms with Gasteiger partial charge in [-0.3, -0.25) is 4.79 Å². The molecule has 194 valence electrons. The highest BCUT2D eigenvalue weighted by Gasteiger charge is 2.22. The second-order valence-corrected chi connectivity index (χ2v) is 9.55. The second kappa shape index (κ2) is 12.7. The van der Waals surface area contributed by atoms with E-state index in [0.29, 0.717) is 36.6 Å². The van der Waals surface area contributed by atoms with Crippen LogP contribution in [0.5, 0.6) is 0 Å². The van der Waals surface area contributed by atoms with Crippen molar-refractivity contribution in [3.05, 3.63) is 95.8 Å². The topological polar surface area (TPSA) is 133 Å². The summed E-state index contributed by atoms with van der Waals surface area (Å²) in [6, 6.07) is 19.5. The van der Waals surface area contributed by atoms with E-state index in [-0.39, 0.29) is 5.76 Å². The number of carbonyl (C=O) groups excluding carboxylic acids is 1. The smallest absolute Gasteiger partial charge is 0.326 e. The van der Waals surface area contributed by atoms with E-state index >= 15 is 0 Å². The number of furan rings is 1. The van der Waals surface area contributed by atoms with Gasteiger partial charge in [0.05, 0.1) is 30.2 Å². The van der Waals surface area contributed by atoms with Crippen LogP contribution in [0.25, 0.3) is 11.3 Å². The molecule has 0 fully saturated rings. The van der Waals surface area contributed by atoms with Gasteiger partial charge in [-0.2, -0.15) is 17.0 Å². The number of carboxylic acids is 1. The maximum Gasteiger partial charge on any atom is 0.326 e. The van der Waals surface area contributed by atoms with E-state index in [1.807, 2.05) is 53.4 Å². The van der Waals surface area contributed by atoms with Crippen LogP contribution in [-0.2, 0) is 17.9 Å². The molecule has 0 aliphatic carbocycles. The number of nitrogens with one attached hydrogen (secondary N) is 2. The Balaban J connectivity index is 1.34. The monoisotopic (exact) mass is 529 g/mol. The minimum atomic E-state index is -1.07. The molecule has 2 heterocycles. The van der Waals surface area contributed by atoms with Crippen molar-refractivity contribution in [3.8, 4) is 17.4 Å². The Kier molecular flexibility index (Phi) is 8.85. The number of aromatic nitrogens is 2. The molecule has 3 N–H and O–H groups in total. The Morgan fingerprint density at radius 3 is 2.58 bits per heavy atom. The summed E-state index contributed by atoms with van der Waals surface area (Å²) in [5, 5.41) is 24.2. The molecule has 0 aliphatic heterocycles. The molecule has 4 aromatic rings. The van der Waals surface area contributed by atoms with Crippen LogP contribution >= 0.6 is 11.8 Å². The lowest BCUT2D eigenvalue weighted by atomic mass is 10.1. The average molecular weight is 530 g/mol. The lowest BCUT2D eigenvalue weighted by molar-refractivity contribution is -0.139. The minimum Gasteiger partial charge on any atom is -0.480 e. The summed E-state index contributed by atoms with van der Waals surface area (Å²) in [5.74, 6) is -0.424. The van der Waals surface area contributed by atoms with Gasteiger partial charge in [0.1, 0.15) is 11.8 Å². The molecule has 10 heteroatoms. The summed E-state index contributed by atoms with van der Waals surface area (Å²) < 4.78 is 7.75. The standard InChI is InChI=1S/C28H27N5O4S/c1-38-13-12-24(28(35)36)32-27(34)26-11-10-25(37-26)21-6-8-22(9-7-21)31-16-23-15-30-18-33(23)17-20-4-2-19(14-29)3-5-20/h2-11,15,18,24,31H,12-13,16-17H2,1H3,(H,32,34)(H,35,36). The number of nitrogens with zero attached hydrogens (tertiary/aromatic N) is 3. The summed E-state index contributed by atoms with van der Waals surface area (Å²) in [6.07, 6.45) is 5.82. The van der Waals surface area contributed by atoms with Gasteiger partial charge in [-0.25, -0.2) is 9.78 Å². The molecule has 4 rings (SSSR count). The number of nitriles is 1. The van der Waals surface area contributed by atoms with Gasteiger partial charge in [0.25, 0.3) is 5.91 Å². The second-order valence-electron chi connectivity index (χ2n) is 8.56. The first kappa shape index (κ1) is 26.6. The van der Waals surface area contributed by atoms with E-state index in [9.17, 15) is 14.7 Å². The van der Waals surface area contributed by atoms with Crippen molar-refractivity contribution < 1.29 is 19.1 Å². The van der Waals surface area contributed by atoms with E-state index < -0.39 is 17.9 Å². The first-order chi connectivity index (χ1) is 18.5. The Morgan fingerprint density at radius 1 is 1.13 bits per heavy atom. The molecule has 1 atom stereocenters. The number of benzene rings is 2. The molecule has 38 heavy (non-hydrogen) atoms. The first-order valence-electron chi connectivity index (χ1n) is 11.9. The van der Waals surface area contributed by atoms with E-state index in [4.69, 9.17) is 9.68 Å². The summed E-state index contributed by atoms with van der Waals surface area (Å²) in [7, 11) is 0. The molecule has 0 aliphatic rings. The van der Waals surface area contributed by atoms with E-state index in [0.717, 1.165) is 22.5 Å². The van der Waals surface area contributed by atoms with Crippen molar-refractivity contribution >= 4 is 29.3 Å². The molecule has 0 saturated heterocycles. The lowest BCUT2D eigenvalue weighted by Crippen LogP contribution is -2.41. The quantitative estimate of drug-likeness (QED) is 0.242. The number of thioether (sulfide) groups is 1. The fourth-order valence-electron chi connectivity index (χ4n) is 3.80. The molecule has 0 spiro atoms. The van der Waals surface area contributed by atoms with Gasteiger partial charge < -0.3 is 24.7 Å². The molecule has 1 unspecified atom stereocenters. The highest BCUT2D eigenvalue weighted by Crippen LogP contribution is 2.24. The van der Waals surface area contributed by atoms with Gasteiger partial charge in [-0.15, -0.1) is 0 Å². The zero-order valence-corrected chi connectivity index (χ0v) is 21.6. The number of imidazole rings is 1. The van der Waals surface area contributed by atoms with Gasteiger partial charge in [0.2, 0.25) is 0 Å². The fourth-order valence-corrected chi connectivity index (χ4v) is 4.27. The Bertz CT molecular complexity index is 1420. The van der Waals surface area contributed by atoms with Crippen molar-refractivity contribution in [2.24, 2.45) is 0 Å². The van der Waals surface area contributed by atoms with Crippen LogP contribution in [0.15, 0.2) is 77.6 Å². The molecular formula is C28H27N5O4S. The molecular weight excluding hydrogens is 502 g/mol. The van der Waals surface area contributed by atoms with Crippen LogP contribution in [0.1, 0.15) is 33.8 Å².